The Bertz CT molecular complexity index is 222. The zero-order valence-electron chi connectivity index (χ0n) is 10.9. The molecule has 3 nitrogen and oxygen atoms in total. The highest BCUT2D eigenvalue weighted by atomic mass is 16.2. The second-order valence-corrected chi connectivity index (χ2v) is 5.19. The molecule has 0 aromatic rings. The van der Waals surface area contributed by atoms with Crippen molar-refractivity contribution >= 4 is 5.91 Å². The highest BCUT2D eigenvalue weighted by molar-refractivity contribution is 5.82. The van der Waals surface area contributed by atoms with E-state index in [4.69, 9.17) is 5.73 Å². The molecule has 1 aliphatic rings. The van der Waals surface area contributed by atoms with Crippen LogP contribution in [0.4, 0.5) is 0 Å². The summed E-state index contributed by atoms with van der Waals surface area (Å²) in [6.07, 6.45) is 6.14. The average Bonchev–Trinajstić information content (AvgIpc) is 2.30. The van der Waals surface area contributed by atoms with Gasteiger partial charge in [-0.25, -0.2) is 0 Å². The summed E-state index contributed by atoms with van der Waals surface area (Å²) >= 11 is 0. The van der Waals surface area contributed by atoms with Crippen LogP contribution < -0.4 is 5.73 Å². The van der Waals surface area contributed by atoms with E-state index in [9.17, 15) is 4.79 Å². The van der Waals surface area contributed by atoms with Gasteiger partial charge < -0.3 is 10.6 Å². The Balaban J connectivity index is 2.61. The summed E-state index contributed by atoms with van der Waals surface area (Å²) in [5.74, 6) is 0.370. The summed E-state index contributed by atoms with van der Waals surface area (Å²) in [7, 11) is 0. The first kappa shape index (κ1) is 13.5. The van der Waals surface area contributed by atoms with E-state index >= 15 is 0 Å². The van der Waals surface area contributed by atoms with Crippen molar-refractivity contribution in [2.45, 2.75) is 65.0 Å². The molecule has 94 valence electrons. The van der Waals surface area contributed by atoms with Crippen molar-refractivity contribution in [2.75, 3.05) is 6.54 Å². The SMILES string of the molecule is CCN(C(=O)[C@@H](N)C(C)C)C1CCCCC1. The Morgan fingerprint density at radius 2 is 1.88 bits per heavy atom. The molecule has 0 bridgehead atoms. The number of carbonyl (C=O) groups is 1. The van der Waals surface area contributed by atoms with E-state index < -0.39 is 0 Å². The molecule has 0 spiro atoms. The van der Waals surface area contributed by atoms with Gasteiger partial charge in [0, 0.05) is 12.6 Å². The van der Waals surface area contributed by atoms with E-state index in [0.717, 1.165) is 19.4 Å². The molecular formula is C13H26N2O. The maximum absolute atomic E-state index is 12.2. The Morgan fingerprint density at radius 1 is 1.31 bits per heavy atom. The van der Waals surface area contributed by atoms with E-state index in [-0.39, 0.29) is 17.9 Å². The molecule has 0 radical (unpaired) electrons. The number of carbonyl (C=O) groups excluding carboxylic acids is 1. The zero-order valence-corrected chi connectivity index (χ0v) is 10.9. The Labute approximate surface area is 99.4 Å². The molecular weight excluding hydrogens is 200 g/mol. The van der Waals surface area contributed by atoms with E-state index in [1.54, 1.807) is 0 Å². The molecule has 0 aromatic carbocycles. The zero-order chi connectivity index (χ0) is 12.1. The highest BCUT2D eigenvalue weighted by Crippen LogP contribution is 2.23. The van der Waals surface area contributed by atoms with Crippen LogP contribution in [0.1, 0.15) is 52.9 Å². The van der Waals surface area contributed by atoms with Crippen molar-refractivity contribution in [2.24, 2.45) is 11.7 Å². The van der Waals surface area contributed by atoms with Crippen LogP contribution in [0.3, 0.4) is 0 Å². The third-order valence-corrected chi connectivity index (χ3v) is 3.64. The fraction of sp³-hybridized carbons (Fsp3) is 0.923. The molecule has 3 heteroatoms. The summed E-state index contributed by atoms with van der Waals surface area (Å²) in [6, 6.07) is 0.109. The molecule has 0 heterocycles. The molecule has 1 amide bonds. The van der Waals surface area contributed by atoms with Crippen molar-refractivity contribution in [1.29, 1.82) is 0 Å². The second kappa shape index (κ2) is 6.24. The minimum absolute atomic E-state index is 0.143. The maximum atomic E-state index is 12.2. The predicted octanol–water partition coefficient (Wildman–Crippen LogP) is 2.15. The van der Waals surface area contributed by atoms with Crippen LogP contribution in [0.2, 0.25) is 0 Å². The first-order chi connectivity index (χ1) is 7.57. The largest absolute Gasteiger partial charge is 0.339 e. The number of rotatable bonds is 4. The van der Waals surface area contributed by atoms with Crippen LogP contribution in [-0.2, 0) is 4.79 Å². The summed E-state index contributed by atoms with van der Waals surface area (Å²) < 4.78 is 0. The third-order valence-electron chi connectivity index (χ3n) is 3.64. The van der Waals surface area contributed by atoms with Crippen LogP contribution in [0.15, 0.2) is 0 Å². The standard InChI is InChI=1S/C13H26N2O/c1-4-15(11-8-6-5-7-9-11)13(16)12(14)10(2)3/h10-12H,4-9,14H2,1-3H3/t12-/m0/s1. The van der Waals surface area contributed by atoms with E-state index in [1.807, 2.05) is 18.7 Å². The van der Waals surface area contributed by atoms with Crippen LogP contribution in [0.5, 0.6) is 0 Å². The predicted molar refractivity (Wildman–Crippen MR) is 67.1 cm³/mol. The lowest BCUT2D eigenvalue weighted by Gasteiger charge is -2.35. The molecule has 16 heavy (non-hydrogen) atoms. The lowest BCUT2D eigenvalue weighted by molar-refractivity contribution is -0.136. The van der Waals surface area contributed by atoms with Crippen LogP contribution in [0.25, 0.3) is 0 Å². The minimum Gasteiger partial charge on any atom is -0.339 e. The molecule has 0 aromatic heterocycles. The molecule has 2 N–H and O–H groups in total. The fourth-order valence-corrected chi connectivity index (χ4v) is 2.46. The molecule has 1 aliphatic carbocycles. The Kier molecular flexibility index (Phi) is 5.26. The minimum atomic E-state index is -0.332. The van der Waals surface area contributed by atoms with Gasteiger partial charge in [0.15, 0.2) is 0 Å². The van der Waals surface area contributed by atoms with Gasteiger partial charge in [-0.05, 0) is 25.7 Å². The molecule has 0 unspecified atom stereocenters. The normalized spacial score (nSPS) is 19.8. The summed E-state index contributed by atoms with van der Waals surface area (Å²) in [6.45, 7) is 6.87. The van der Waals surface area contributed by atoms with Gasteiger partial charge >= 0.3 is 0 Å². The molecule has 0 saturated heterocycles. The number of hydrogen-bond acceptors (Lipinski definition) is 2. The van der Waals surface area contributed by atoms with Gasteiger partial charge in [-0.15, -0.1) is 0 Å². The van der Waals surface area contributed by atoms with Crippen LogP contribution in [0, 0.1) is 5.92 Å². The van der Waals surface area contributed by atoms with Gasteiger partial charge in [-0.3, -0.25) is 4.79 Å². The van der Waals surface area contributed by atoms with Crippen LogP contribution >= 0.6 is 0 Å². The molecule has 1 saturated carbocycles. The average molecular weight is 226 g/mol. The van der Waals surface area contributed by atoms with Gasteiger partial charge in [0.2, 0.25) is 5.91 Å². The number of nitrogens with two attached hydrogens (primary N) is 1. The molecule has 1 atom stereocenters. The van der Waals surface area contributed by atoms with Crippen molar-refractivity contribution < 1.29 is 4.79 Å². The van der Waals surface area contributed by atoms with Gasteiger partial charge in [-0.1, -0.05) is 33.1 Å². The highest BCUT2D eigenvalue weighted by Gasteiger charge is 2.28. The van der Waals surface area contributed by atoms with E-state index in [2.05, 4.69) is 6.92 Å². The second-order valence-electron chi connectivity index (χ2n) is 5.19. The maximum Gasteiger partial charge on any atom is 0.239 e. The quantitative estimate of drug-likeness (QED) is 0.798. The summed E-state index contributed by atoms with van der Waals surface area (Å²) in [5.41, 5.74) is 5.95. The lowest BCUT2D eigenvalue weighted by Crippen LogP contribution is -2.51. The van der Waals surface area contributed by atoms with Crippen molar-refractivity contribution in [3.8, 4) is 0 Å². The number of hydrogen-bond donors (Lipinski definition) is 1. The number of likely N-dealkylation sites (N-methyl/N-ethyl adjacent to an activating group) is 1. The van der Waals surface area contributed by atoms with E-state index in [1.165, 1.54) is 19.3 Å². The fourth-order valence-electron chi connectivity index (χ4n) is 2.46. The van der Waals surface area contributed by atoms with Crippen LogP contribution in [-0.4, -0.2) is 29.4 Å². The molecule has 1 fully saturated rings. The number of nitrogens with zero attached hydrogens (tertiary/aromatic N) is 1. The van der Waals surface area contributed by atoms with Crippen molar-refractivity contribution in [3.05, 3.63) is 0 Å². The number of amides is 1. The molecule has 0 aliphatic heterocycles. The van der Waals surface area contributed by atoms with Gasteiger partial charge in [0.1, 0.15) is 0 Å². The third kappa shape index (κ3) is 3.21. The van der Waals surface area contributed by atoms with Crippen molar-refractivity contribution in [3.63, 3.8) is 0 Å². The van der Waals surface area contributed by atoms with E-state index in [0.29, 0.717) is 6.04 Å². The van der Waals surface area contributed by atoms with Gasteiger partial charge in [0.25, 0.3) is 0 Å². The van der Waals surface area contributed by atoms with Gasteiger partial charge in [-0.2, -0.15) is 0 Å². The Morgan fingerprint density at radius 3 is 2.31 bits per heavy atom. The van der Waals surface area contributed by atoms with Gasteiger partial charge in [0.05, 0.1) is 6.04 Å². The van der Waals surface area contributed by atoms with Crippen molar-refractivity contribution in [1.82, 2.24) is 4.90 Å². The summed E-state index contributed by atoms with van der Waals surface area (Å²) in [5, 5.41) is 0. The Hall–Kier alpha value is -0.570. The lowest BCUT2D eigenvalue weighted by atomic mass is 9.93. The first-order valence-corrected chi connectivity index (χ1v) is 6.64. The topological polar surface area (TPSA) is 46.3 Å². The first-order valence-electron chi connectivity index (χ1n) is 6.64. The smallest absolute Gasteiger partial charge is 0.239 e. The summed E-state index contributed by atoms with van der Waals surface area (Å²) in [4.78, 5) is 14.2. The molecule has 1 rings (SSSR count). The monoisotopic (exact) mass is 226 g/mol.